The van der Waals surface area contributed by atoms with E-state index >= 15 is 0 Å². The fraction of sp³-hybridized carbons (Fsp3) is 0.769. The molecule has 0 aliphatic rings. The monoisotopic (exact) mass is 223 g/mol. The van der Waals surface area contributed by atoms with E-state index in [1.807, 2.05) is 0 Å². The zero-order valence-corrected chi connectivity index (χ0v) is 11.3. The van der Waals surface area contributed by atoms with Gasteiger partial charge in [0.2, 0.25) is 0 Å². The van der Waals surface area contributed by atoms with Crippen LogP contribution in [0.15, 0.2) is 0 Å². The van der Waals surface area contributed by atoms with Crippen molar-refractivity contribution in [3.8, 4) is 0 Å². The van der Waals surface area contributed by atoms with Gasteiger partial charge in [-0.25, -0.2) is 0 Å². The summed E-state index contributed by atoms with van der Waals surface area (Å²) in [6.45, 7) is 12.8. The number of aryl methyl sites for hydroxylation is 2. The Bertz CT molecular complexity index is 326. The summed E-state index contributed by atoms with van der Waals surface area (Å²) in [5.41, 5.74) is 4.07. The van der Waals surface area contributed by atoms with E-state index in [-0.39, 0.29) is 0 Å². The maximum Gasteiger partial charge on any atom is 0.0669 e. The average molecular weight is 223 g/mol. The maximum atomic E-state index is 4.67. The normalized spacial score (nSPS) is 11.4. The molecule has 1 N–H and O–H groups in total. The minimum absolute atomic E-state index is 0.527. The molecule has 0 amide bonds. The van der Waals surface area contributed by atoms with E-state index in [0.717, 1.165) is 25.9 Å². The van der Waals surface area contributed by atoms with Crippen molar-refractivity contribution in [3.05, 3.63) is 17.0 Å². The molecule has 0 aromatic carbocycles. The van der Waals surface area contributed by atoms with Crippen LogP contribution < -0.4 is 5.32 Å². The molecule has 1 aromatic rings. The molecule has 0 spiro atoms. The Morgan fingerprint density at radius 1 is 1.19 bits per heavy atom. The van der Waals surface area contributed by atoms with E-state index in [2.05, 4.69) is 49.7 Å². The fourth-order valence-electron chi connectivity index (χ4n) is 2.04. The summed E-state index contributed by atoms with van der Waals surface area (Å²) in [5.74, 6) is 0. The molecule has 3 heteroatoms. The molecular formula is C13H25N3. The van der Waals surface area contributed by atoms with Gasteiger partial charge < -0.3 is 5.32 Å². The Morgan fingerprint density at radius 3 is 2.31 bits per heavy atom. The number of hydrogen-bond donors (Lipinski definition) is 1. The summed E-state index contributed by atoms with van der Waals surface area (Å²) >= 11 is 0. The predicted molar refractivity (Wildman–Crippen MR) is 68.6 cm³/mol. The van der Waals surface area contributed by atoms with Gasteiger partial charge in [0.25, 0.3) is 0 Å². The summed E-state index contributed by atoms with van der Waals surface area (Å²) in [6, 6.07) is 0.527. The summed E-state index contributed by atoms with van der Waals surface area (Å²) in [4.78, 5) is 0. The van der Waals surface area contributed by atoms with E-state index in [9.17, 15) is 0 Å². The molecule has 92 valence electrons. The highest BCUT2D eigenvalue weighted by atomic mass is 15.3. The highest BCUT2D eigenvalue weighted by Crippen LogP contribution is 2.16. The van der Waals surface area contributed by atoms with Crippen molar-refractivity contribution >= 4 is 0 Å². The maximum absolute atomic E-state index is 4.67. The second-order valence-corrected chi connectivity index (χ2v) is 4.43. The van der Waals surface area contributed by atoms with E-state index in [4.69, 9.17) is 0 Å². The molecule has 0 unspecified atom stereocenters. The standard InChI is InChI=1S/C13H25N3/c1-6-12-11(9-14-10(4)5)13(7-2)16(8-3)15-12/h10,14H,6-9H2,1-5H3. The third-order valence-electron chi connectivity index (χ3n) is 2.91. The first-order chi connectivity index (χ1) is 7.63. The van der Waals surface area contributed by atoms with Crippen LogP contribution in [0.1, 0.15) is 51.6 Å². The SMILES string of the molecule is CCc1nn(CC)c(CC)c1CNC(C)C. The van der Waals surface area contributed by atoms with Crippen molar-refractivity contribution in [3.63, 3.8) is 0 Å². The fourth-order valence-corrected chi connectivity index (χ4v) is 2.04. The smallest absolute Gasteiger partial charge is 0.0669 e. The number of rotatable bonds is 6. The van der Waals surface area contributed by atoms with E-state index in [1.54, 1.807) is 0 Å². The molecular weight excluding hydrogens is 198 g/mol. The zero-order chi connectivity index (χ0) is 12.1. The van der Waals surface area contributed by atoms with E-state index < -0.39 is 0 Å². The van der Waals surface area contributed by atoms with Gasteiger partial charge in [0, 0.05) is 30.4 Å². The lowest BCUT2D eigenvalue weighted by Gasteiger charge is -2.10. The molecule has 0 atom stereocenters. The third kappa shape index (κ3) is 2.85. The van der Waals surface area contributed by atoms with Crippen LogP contribution in [-0.4, -0.2) is 15.8 Å². The van der Waals surface area contributed by atoms with Crippen LogP contribution in [0.5, 0.6) is 0 Å². The number of hydrogen-bond acceptors (Lipinski definition) is 2. The topological polar surface area (TPSA) is 29.9 Å². The lowest BCUT2D eigenvalue weighted by atomic mass is 10.1. The summed E-state index contributed by atoms with van der Waals surface area (Å²) in [5, 5.41) is 8.17. The first-order valence-electron chi connectivity index (χ1n) is 6.44. The van der Waals surface area contributed by atoms with E-state index in [0.29, 0.717) is 6.04 Å². The van der Waals surface area contributed by atoms with Gasteiger partial charge in [0.05, 0.1) is 5.69 Å². The van der Waals surface area contributed by atoms with Gasteiger partial charge in [0.15, 0.2) is 0 Å². The lowest BCUT2D eigenvalue weighted by Crippen LogP contribution is -2.23. The molecule has 0 fully saturated rings. The van der Waals surface area contributed by atoms with Gasteiger partial charge in [-0.2, -0.15) is 5.10 Å². The average Bonchev–Trinajstić information content (AvgIpc) is 2.62. The second kappa shape index (κ2) is 6.04. The van der Waals surface area contributed by atoms with Crippen molar-refractivity contribution in [2.45, 2.75) is 66.6 Å². The van der Waals surface area contributed by atoms with Crippen LogP contribution in [0.25, 0.3) is 0 Å². The van der Waals surface area contributed by atoms with Gasteiger partial charge in [-0.05, 0) is 19.8 Å². The first-order valence-corrected chi connectivity index (χ1v) is 6.44. The van der Waals surface area contributed by atoms with Crippen LogP contribution in [0, 0.1) is 0 Å². The predicted octanol–water partition coefficient (Wildman–Crippen LogP) is 2.53. The van der Waals surface area contributed by atoms with Crippen LogP contribution >= 0.6 is 0 Å². The Balaban J connectivity index is 2.97. The molecule has 1 heterocycles. The highest BCUT2D eigenvalue weighted by molar-refractivity contribution is 5.26. The van der Waals surface area contributed by atoms with E-state index in [1.165, 1.54) is 17.0 Å². The van der Waals surface area contributed by atoms with Crippen molar-refractivity contribution in [1.29, 1.82) is 0 Å². The molecule has 0 aliphatic heterocycles. The first kappa shape index (κ1) is 13.2. The van der Waals surface area contributed by atoms with Crippen LogP contribution in [0.3, 0.4) is 0 Å². The molecule has 1 rings (SSSR count). The zero-order valence-electron chi connectivity index (χ0n) is 11.3. The molecule has 0 saturated heterocycles. The summed E-state index contributed by atoms with van der Waals surface area (Å²) < 4.78 is 2.15. The van der Waals surface area contributed by atoms with Crippen molar-refractivity contribution < 1.29 is 0 Å². The second-order valence-electron chi connectivity index (χ2n) is 4.43. The quantitative estimate of drug-likeness (QED) is 0.803. The van der Waals surface area contributed by atoms with Crippen molar-refractivity contribution in [2.75, 3.05) is 0 Å². The minimum Gasteiger partial charge on any atom is -0.310 e. The van der Waals surface area contributed by atoms with Gasteiger partial charge in [-0.15, -0.1) is 0 Å². The molecule has 0 saturated carbocycles. The summed E-state index contributed by atoms with van der Waals surface area (Å²) in [7, 11) is 0. The van der Waals surface area contributed by atoms with Crippen LogP contribution in [0.4, 0.5) is 0 Å². The van der Waals surface area contributed by atoms with Crippen molar-refractivity contribution in [1.82, 2.24) is 15.1 Å². The number of aromatic nitrogens is 2. The van der Waals surface area contributed by atoms with Gasteiger partial charge in [0.1, 0.15) is 0 Å². The Labute approximate surface area is 99.2 Å². The Hall–Kier alpha value is -0.830. The molecule has 1 aromatic heterocycles. The van der Waals surface area contributed by atoms with Gasteiger partial charge >= 0.3 is 0 Å². The molecule has 0 aliphatic carbocycles. The number of nitrogens with one attached hydrogen (secondary N) is 1. The molecule has 0 bridgehead atoms. The largest absolute Gasteiger partial charge is 0.310 e. The van der Waals surface area contributed by atoms with Gasteiger partial charge in [-0.3, -0.25) is 4.68 Å². The molecule has 16 heavy (non-hydrogen) atoms. The van der Waals surface area contributed by atoms with Crippen molar-refractivity contribution in [2.24, 2.45) is 0 Å². The highest BCUT2D eigenvalue weighted by Gasteiger charge is 2.14. The third-order valence-corrected chi connectivity index (χ3v) is 2.91. The lowest BCUT2D eigenvalue weighted by molar-refractivity contribution is 0.580. The molecule has 3 nitrogen and oxygen atoms in total. The van der Waals surface area contributed by atoms with Crippen LogP contribution in [0.2, 0.25) is 0 Å². The molecule has 0 radical (unpaired) electrons. The summed E-state index contributed by atoms with van der Waals surface area (Å²) in [6.07, 6.45) is 2.09. The van der Waals surface area contributed by atoms with Crippen LogP contribution in [-0.2, 0) is 25.9 Å². The van der Waals surface area contributed by atoms with Gasteiger partial charge in [-0.1, -0.05) is 27.7 Å². The minimum atomic E-state index is 0.527. The Morgan fingerprint density at radius 2 is 1.88 bits per heavy atom. The number of nitrogens with zero attached hydrogens (tertiary/aromatic N) is 2. The Kier molecular flexibility index (Phi) is 5.00.